The predicted octanol–water partition coefficient (Wildman–Crippen LogP) is 4.12. The molecule has 3 rings (SSSR count). The molecule has 1 N–H and O–H groups in total. The zero-order valence-electron chi connectivity index (χ0n) is 19.7. The normalized spacial score (nSPS) is 12.1. The Labute approximate surface area is 200 Å². The van der Waals surface area contributed by atoms with Crippen LogP contribution in [-0.4, -0.2) is 65.9 Å². The van der Waals surface area contributed by atoms with E-state index in [9.17, 15) is 9.50 Å². The van der Waals surface area contributed by atoms with Crippen molar-refractivity contribution in [3.05, 3.63) is 84.3 Å². The van der Waals surface area contributed by atoms with Gasteiger partial charge in [0.2, 0.25) is 5.88 Å². The number of ether oxygens (including phenoxy) is 3. The van der Waals surface area contributed by atoms with Gasteiger partial charge in [-0.25, -0.2) is 9.07 Å². The Hall–Kier alpha value is -3.04. The zero-order valence-corrected chi connectivity index (χ0v) is 19.7. The average molecular weight is 470 g/mol. The van der Waals surface area contributed by atoms with Crippen LogP contribution in [0.1, 0.15) is 11.3 Å². The first kappa shape index (κ1) is 25.6. The highest BCUT2D eigenvalue weighted by Gasteiger charge is 2.23. The summed E-state index contributed by atoms with van der Waals surface area (Å²) in [6, 6.07) is 15.8. The van der Waals surface area contributed by atoms with Gasteiger partial charge in [-0.15, -0.1) is 6.58 Å². The number of para-hydroxylation sites is 2. The summed E-state index contributed by atoms with van der Waals surface area (Å²) in [4.78, 5) is 2.04. The Balaban J connectivity index is 1.93. The van der Waals surface area contributed by atoms with Crippen LogP contribution in [0, 0.1) is 12.7 Å². The molecule has 0 amide bonds. The van der Waals surface area contributed by atoms with E-state index in [0.717, 1.165) is 16.9 Å². The van der Waals surface area contributed by atoms with E-state index in [1.165, 1.54) is 6.07 Å². The third-order valence-corrected chi connectivity index (χ3v) is 5.19. The fourth-order valence-corrected chi connectivity index (χ4v) is 3.52. The van der Waals surface area contributed by atoms with E-state index < -0.39 is 11.9 Å². The molecule has 0 unspecified atom stereocenters. The highest BCUT2D eigenvalue weighted by Crippen LogP contribution is 2.32. The average Bonchev–Trinajstić information content (AvgIpc) is 3.14. The quantitative estimate of drug-likeness (QED) is 0.283. The molecule has 182 valence electrons. The minimum Gasteiger partial charge on any atom is -0.435 e. The van der Waals surface area contributed by atoms with Crippen LogP contribution in [0.3, 0.4) is 0 Å². The predicted molar refractivity (Wildman–Crippen MR) is 129 cm³/mol. The molecule has 2 aromatic carbocycles. The first-order valence-electron chi connectivity index (χ1n) is 11.2. The summed E-state index contributed by atoms with van der Waals surface area (Å²) in [5, 5.41) is 15.2. The first-order valence-corrected chi connectivity index (χ1v) is 11.2. The topological polar surface area (TPSA) is 69.0 Å². The number of rotatable bonds is 14. The van der Waals surface area contributed by atoms with Crippen molar-refractivity contribution in [2.45, 2.75) is 19.6 Å². The molecule has 0 aliphatic carbocycles. The lowest BCUT2D eigenvalue weighted by Gasteiger charge is -2.25. The monoisotopic (exact) mass is 469 g/mol. The second-order valence-corrected chi connectivity index (χ2v) is 7.86. The van der Waals surface area contributed by atoms with Crippen LogP contribution in [0.15, 0.2) is 67.3 Å². The number of aliphatic hydroxyl groups excluding tert-OH is 1. The molecule has 0 saturated heterocycles. The molecule has 7 nitrogen and oxygen atoms in total. The number of hydrogen-bond acceptors (Lipinski definition) is 6. The standard InChI is InChI=1S/C26H32FN3O4/c1-4-15-33-19-22(31)17-29(14-16-32-3)18-23-20(2)28-30(21-10-6-5-7-11-21)26(23)34-25-13-9-8-12-24(25)27/h4-13,22,31H,1,14-19H2,2-3H3/t22-/m0/s1. The van der Waals surface area contributed by atoms with Crippen molar-refractivity contribution in [2.24, 2.45) is 0 Å². The van der Waals surface area contributed by atoms with Crippen molar-refractivity contribution in [1.29, 1.82) is 0 Å². The molecule has 0 radical (unpaired) electrons. The summed E-state index contributed by atoms with van der Waals surface area (Å²) in [5.74, 6) is 0.0775. The Bertz CT molecular complexity index is 1040. The second-order valence-electron chi connectivity index (χ2n) is 7.86. The molecular formula is C26H32FN3O4. The van der Waals surface area contributed by atoms with E-state index in [1.54, 1.807) is 36.1 Å². The van der Waals surface area contributed by atoms with Gasteiger partial charge in [0.05, 0.1) is 42.9 Å². The van der Waals surface area contributed by atoms with Crippen molar-refractivity contribution in [3.63, 3.8) is 0 Å². The van der Waals surface area contributed by atoms with Gasteiger partial charge in [0.1, 0.15) is 0 Å². The van der Waals surface area contributed by atoms with Gasteiger partial charge < -0.3 is 19.3 Å². The van der Waals surface area contributed by atoms with Crippen LogP contribution < -0.4 is 4.74 Å². The zero-order chi connectivity index (χ0) is 24.3. The summed E-state index contributed by atoms with van der Waals surface area (Å²) in [7, 11) is 1.63. The van der Waals surface area contributed by atoms with Crippen LogP contribution in [0.2, 0.25) is 0 Å². The van der Waals surface area contributed by atoms with Gasteiger partial charge in [-0.05, 0) is 31.2 Å². The molecule has 1 atom stereocenters. The van der Waals surface area contributed by atoms with Crippen LogP contribution in [0.4, 0.5) is 4.39 Å². The van der Waals surface area contributed by atoms with Crippen LogP contribution in [0.25, 0.3) is 5.69 Å². The van der Waals surface area contributed by atoms with Gasteiger partial charge in [0.15, 0.2) is 11.6 Å². The molecule has 1 heterocycles. The van der Waals surface area contributed by atoms with Gasteiger partial charge in [-0.1, -0.05) is 36.4 Å². The maximum Gasteiger partial charge on any atom is 0.227 e. The molecule has 34 heavy (non-hydrogen) atoms. The van der Waals surface area contributed by atoms with Gasteiger partial charge >= 0.3 is 0 Å². The second kappa shape index (κ2) is 13.0. The number of nitrogens with zero attached hydrogens (tertiary/aromatic N) is 3. The van der Waals surface area contributed by atoms with Gasteiger partial charge in [-0.2, -0.15) is 5.10 Å². The maximum atomic E-state index is 14.5. The fraction of sp³-hybridized carbons (Fsp3) is 0.346. The summed E-state index contributed by atoms with van der Waals surface area (Å²) in [6.45, 7) is 7.91. The van der Waals surface area contributed by atoms with Crippen molar-refractivity contribution in [3.8, 4) is 17.3 Å². The van der Waals surface area contributed by atoms with Crippen molar-refractivity contribution < 1.29 is 23.7 Å². The number of aliphatic hydroxyl groups is 1. The summed E-state index contributed by atoms with van der Waals surface area (Å²) >= 11 is 0. The Kier molecular flexibility index (Phi) is 9.78. The smallest absolute Gasteiger partial charge is 0.227 e. The van der Waals surface area contributed by atoms with Crippen molar-refractivity contribution >= 4 is 0 Å². The number of aromatic nitrogens is 2. The van der Waals surface area contributed by atoms with E-state index in [2.05, 4.69) is 6.58 Å². The number of methoxy groups -OCH3 is 1. The minimum atomic E-state index is -0.697. The summed E-state index contributed by atoms with van der Waals surface area (Å²) in [5.41, 5.74) is 2.34. The van der Waals surface area contributed by atoms with Crippen LogP contribution >= 0.6 is 0 Å². The SMILES string of the molecule is C=CCOC[C@@H](O)CN(CCOC)Cc1c(C)nn(-c2ccccc2)c1Oc1ccccc1F. The van der Waals surface area contributed by atoms with E-state index >= 15 is 0 Å². The van der Waals surface area contributed by atoms with E-state index in [-0.39, 0.29) is 12.4 Å². The van der Waals surface area contributed by atoms with E-state index in [4.69, 9.17) is 19.3 Å². The number of hydrogen-bond donors (Lipinski definition) is 1. The highest BCUT2D eigenvalue weighted by molar-refractivity contribution is 5.43. The van der Waals surface area contributed by atoms with Gasteiger partial charge in [-0.3, -0.25) is 4.90 Å². The lowest BCUT2D eigenvalue weighted by atomic mass is 10.2. The van der Waals surface area contributed by atoms with Crippen LogP contribution in [0.5, 0.6) is 11.6 Å². The molecule has 0 spiro atoms. The lowest BCUT2D eigenvalue weighted by molar-refractivity contribution is 0.0192. The summed E-state index contributed by atoms with van der Waals surface area (Å²) in [6.07, 6.45) is 0.945. The molecule has 0 saturated carbocycles. The van der Waals surface area contributed by atoms with Gasteiger partial charge in [0.25, 0.3) is 0 Å². The minimum absolute atomic E-state index is 0.113. The van der Waals surface area contributed by atoms with Crippen LogP contribution in [-0.2, 0) is 16.0 Å². The number of aryl methyl sites for hydroxylation is 1. The largest absolute Gasteiger partial charge is 0.435 e. The van der Waals surface area contributed by atoms with Crippen molar-refractivity contribution in [2.75, 3.05) is 40.0 Å². The number of halogens is 1. The Morgan fingerprint density at radius 3 is 2.62 bits per heavy atom. The molecule has 0 bridgehead atoms. The molecule has 0 aliphatic rings. The maximum absolute atomic E-state index is 14.5. The van der Waals surface area contributed by atoms with Crippen molar-refractivity contribution in [1.82, 2.24) is 14.7 Å². The fourth-order valence-electron chi connectivity index (χ4n) is 3.52. The van der Waals surface area contributed by atoms with E-state index in [0.29, 0.717) is 38.7 Å². The number of benzene rings is 2. The van der Waals surface area contributed by atoms with E-state index in [1.807, 2.05) is 42.2 Å². The Morgan fingerprint density at radius 2 is 1.91 bits per heavy atom. The first-order chi connectivity index (χ1) is 16.5. The molecule has 3 aromatic rings. The molecule has 8 heteroatoms. The third kappa shape index (κ3) is 6.98. The molecule has 1 aromatic heterocycles. The molecule has 0 aliphatic heterocycles. The van der Waals surface area contributed by atoms with Gasteiger partial charge in [0, 0.05) is 26.7 Å². The third-order valence-electron chi connectivity index (χ3n) is 5.19. The Morgan fingerprint density at radius 1 is 1.18 bits per heavy atom. The lowest BCUT2D eigenvalue weighted by Crippen LogP contribution is -2.36. The molecular weight excluding hydrogens is 437 g/mol. The summed E-state index contributed by atoms with van der Waals surface area (Å²) < 4.78 is 32.9. The molecule has 0 fully saturated rings. The highest BCUT2D eigenvalue weighted by atomic mass is 19.1.